The predicted octanol–water partition coefficient (Wildman–Crippen LogP) is 13.6. The van der Waals surface area contributed by atoms with Crippen molar-refractivity contribution in [3.05, 3.63) is 107 Å². The average Bonchev–Trinajstić information content (AvgIpc) is 3.31. The fraction of sp³-hybridized carbons (Fsp3) is 0.559. The van der Waals surface area contributed by atoms with Crippen LogP contribution in [0.3, 0.4) is 0 Å². The molecule has 0 aromatic heterocycles. The Kier molecular flexibility index (Phi) is 26.1. The van der Waals surface area contributed by atoms with Crippen LogP contribution in [0.25, 0.3) is 10.8 Å². The smallest absolute Gasteiger partial charge is 0.378 e. The maximum atomic E-state index is 12.6. The molecule has 0 radical (unpaired) electrons. The van der Waals surface area contributed by atoms with Crippen LogP contribution in [-0.4, -0.2) is 104 Å². The molecule has 0 aliphatic rings. The predicted molar refractivity (Wildman–Crippen MR) is 314 cm³/mol. The first-order valence-corrected chi connectivity index (χ1v) is 31.0. The van der Waals surface area contributed by atoms with Gasteiger partial charge in [0.25, 0.3) is 0 Å². The van der Waals surface area contributed by atoms with Crippen LogP contribution in [-0.2, 0) is 56.7 Å². The van der Waals surface area contributed by atoms with Crippen LogP contribution >= 0.6 is 23.5 Å². The second-order valence-corrected chi connectivity index (χ2v) is 26.5. The number of aryl methyl sites for hydroxylation is 1. The van der Waals surface area contributed by atoms with Crippen molar-refractivity contribution in [3.63, 3.8) is 0 Å². The van der Waals surface area contributed by atoms with Gasteiger partial charge in [0.15, 0.2) is 0 Å². The Morgan fingerprint density at radius 3 is 1.26 bits per heavy atom. The molecule has 78 heavy (non-hydrogen) atoms. The Hall–Kier alpha value is -3.89. The molecule has 0 aliphatic carbocycles. The summed E-state index contributed by atoms with van der Waals surface area (Å²) in [4.78, 5) is 34.2. The summed E-state index contributed by atoms with van der Waals surface area (Å²) in [6.07, 6.45) is 2.56. The molecular weight excluding hydrogens is 1050 g/mol. The number of nitrogens with zero attached hydrogens (tertiary/aromatic N) is 2. The molecule has 0 saturated heterocycles. The first-order chi connectivity index (χ1) is 36.0. The molecule has 0 bridgehead atoms. The van der Waals surface area contributed by atoms with Gasteiger partial charge in [-0.25, -0.2) is 13.7 Å². The third-order valence-electron chi connectivity index (χ3n) is 12.5. The summed E-state index contributed by atoms with van der Waals surface area (Å²) in [5.74, 6) is 13.6. The van der Waals surface area contributed by atoms with Gasteiger partial charge in [-0.05, 0) is 186 Å². The van der Waals surface area contributed by atoms with Crippen LogP contribution in [0.2, 0.25) is 0 Å². The summed E-state index contributed by atoms with van der Waals surface area (Å²) in [7, 11) is -4.62. The molecule has 0 saturated carbocycles. The normalized spacial score (nSPS) is 14.6. The minimum Gasteiger partial charge on any atom is -0.378 e. The van der Waals surface area contributed by atoms with Crippen molar-refractivity contribution in [3.8, 4) is 23.7 Å². The van der Waals surface area contributed by atoms with E-state index in [1.165, 1.54) is 16.9 Å². The van der Waals surface area contributed by atoms with Gasteiger partial charge in [0.1, 0.15) is 0 Å². The fourth-order valence-corrected chi connectivity index (χ4v) is 10.7. The van der Waals surface area contributed by atoms with Crippen LogP contribution in [0.15, 0.2) is 78.9 Å². The van der Waals surface area contributed by atoms with Crippen LogP contribution in [0.4, 0.5) is 11.4 Å². The molecule has 0 aliphatic heterocycles. The number of anilines is 2. The lowest BCUT2D eigenvalue weighted by Gasteiger charge is -2.31. The number of phosphoric ester groups is 3. The zero-order valence-corrected chi connectivity index (χ0v) is 52.0. The molecule has 0 amide bonds. The van der Waals surface area contributed by atoms with Crippen molar-refractivity contribution < 1.29 is 65.0 Å². The average molecular weight is 1140 g/mol. The van der Waals surface area contributed by atoms with Gasteiger partial charge in [-0.2, -0.15) is 0 Å². The second-order valence-electron chi connectivity index (χ2n) is 22.4. The van der Waals surface area contributed by atoms with Crippen LogP contribution in [0.1, 0.15) is 150 Å². The number of ether oxygens (including phenoxy) is 2. The highest BCUT2D eigenvalue weighted by atomic mass is 31.2. The Morgan fingerprint density at radius 2 is 0.859 bits per heavy atom. The summed E-state index contributed by atoms with van der Waals surface area (Å²) in [5.41, 5.74) is 3.43. The Labute approximate surface area is 466 Å². The molecule has 4 aromatic rings. The second kappa shape index (κ2) is 29.7. The van der Waals surface area contributed by atoms with E-state index in [9.17, 15) is 28.4 Å². The van der Waals surface area contributed by atoms with Gasteiger partial charge in [-0.3, -0.25) is 27.1 Å². The molecule has 0 spiro atoms. The van der Waals surface area contributed by atoms with E-state index in [0.717, 1.165) is 39.4 Å². The summed E-state index contributed by atoms with van der Waals surface area (Å²) in [6.45, 7) is 23.0. The zero-order chi connectivity index (χ0) is 58.8. The van der Waals surface area contributed by atoms with E-state index in [-0.39, 0.29) is 45.9 Å². The van der Waals surface area contributed by atoms with Gasteiger partial charge >= 0.3 is 23.5 Å². The molecule has 4 aromatic carbocycles. The maximum absolute atomic E-state index is 12.6. The first kappa shape index (κ1) is 68.4. The SMILES string of the molecule is CCOP(=O)(O)OC(C)(C)CCOC(C)(C)CCOP(=O)(O)OC(C)(C)CCOC(C)(C)CCOP(=O)(O)OC(C)(C)CC.CCc1cc(C#Cc2ccc(N(C)C)cc2)c2ccccc2c1C#Cc1ccc(N(C)C)cc1. The molecule has 19 heteroatoms. The van der Waals surface area contributed by atoms with Crippen molar-refractivity contribution in [2.24, 2.45) is 0 Å². The topological polar surface area (TPSA) is 192 Å². The third-order valence-corrected chi connectivity index (χ3v) is 16.3. The lowest BCUT2D eigenvalue weighted by Crippen LogP contribution is -2.32. The van der Waals surface area contributed by atoms with Crippen molar-refractivity contribution in [2.75, 3.05) is 71.0 Å². The molecule has 0 heterocycles. The Bertz CT molecular complexity index is 2810. The molecule has 16 nitrogen and oxygen atoms in total. The number of rotatable bonds is 28. The van der Waals surface area contributed by atoms with E-state index in [2.05, 4.69) is 119 Å². The fourth-order valence-electron chi connectivity index (χ4n) is 7.36. The zero-order valence-electron chi connectivity index (χ0n) is 49.4. The molecule has 434 valence electrons. The molecule has 0 fully saturated rings. The minimum absolute atomic E-state index is 0.0390. The van der Waals surface area contributed by atoms with E-state index in [4.69, 9.17) is 36.6 Å². The van der Waals surface area contributed by atoms with Crippen molar-refractivity contribution >= 4 is 45.6 Å². The lowest BCUT2D eigenvalue weighted by molar-refractivity contribution is -0.0615. The number of phosphoric acid groups is 3. The van der Waals surface area contributed by atoms with E-state index in [0.29, 0.717) is 19.3 Å². The van der Waals surface area contributed by atoms with Crippen molar-refractivity contribution in [2.45, 2.75) is 157 Å². The number of benzene rings is 4. The Morgan fingerprint density at radius 1 is 0.474 bits per heavy atom. The highest BCUT2D eigenvalue weighted by Gasteiger charge is 2.36. The van der Waals surface area contributed by atoms with Gasteiger partial charge < -0.3 is 34.0 Å². The van der Waals surface area contributed by atoms with E-state index < -0.39 is 51.5 Å². The highest BCUT2D eigenvalue weighted by Crippen LogP contribution is 2.50. The van der Waals surface area contributed by atoms with E-state index in [1.54, 1.807) is 76.2 Å². The molecule has 3 atom stereocenters. The minimum atomic E-state index is -4.42. The third kappa shape index (κ3) is 25.3. The van der Waals surface area contributed by atoms with Gasteiger partial charge in [-0.1, -0.05) is 61.8 Å². The summed E-state index contributed by atoms with van der Waals surface area (Å²) in [5, 5.41) is 2.30. The van der Waals surface area contributed by atoms with Gasteiger partial charge in [0.2, 0.25) is 0 Å². The first-order valence-electron chi connectivity index (χ1n) is 26.5. The lowest BCUT2D eigenvalue weighted by atomic mass is 9.93. The van der Waals surface area contributed by atoms with Crippen molar-refractivity contribution in [1.29, 1.82) is 0 Å². The standard InChI is InChI=1S/C32H30N2.C27H59O14P3/c1-6-26-23-27(17-11-24-12-18-28(19-13-24)33(2)3)30-9-7-8-10-32(30)31(26)22-16-25-14-20-29(21-15-25)34(4)5;1-13-23(3,4)39-43(30,31)37-21-17-24(5,6)35-20-16-27(11,12)41-44(32,33)38-22-18-25(7,8)34-19-15-26(9,10)40-42(28,29)36-14-2/h7-10,12-15,18-21,23H,6H2,1-5H3;13-22H2,1-12H3,(H,28,29)(H,30,31)(H,32,33). The number of fused-ring (bicyclic) bond motifs is 1. The molecule has 3 N–H and O–H groups in total. The van der Waals surface area contributed by atoms with Crippen molar-refractivity contribution in [1.82, 2.24) is 0 Å². The molecular formula is C59H89N2O14P3. The Balaban J connectivity index is 0.000000421. The summed E-state index contributed by atoms with van der Waals surface area (Å²) < 4.78 is 79.3. The maximum Gasteiger partial charge on any atom is 0.472 e. The largest absolute Gasteiger partial charge is 0.472 e. The monoisotopic (exact) mass is 1140 g/mol. The molecule has 4 rings (SSSR count). The van der Waals surface area contributed by atoms with Gasteiger partial charge in [-0.15, -0.1) is 0 Å². The summed E-state index contributed by atoms with van der Waals surface area (Å²) in [6, 6.07) is 27.4. The quantitative estimate of drug-likeness (QED) is 0.0359. The summed E-state index contributed by atoms with van der Waals surface area (Å²) >= 11 is 0. The highest BCUT2D eigenvalue weighted by molar-refractivity contribution is 7.48. The number of hydrogen-bond acceptors (Lipinski definition) is 13. The van der Waals surface area contributed by atoms with Gasteiger partial charge in [0.05, 0.1) is 61.0 Å². The molecule has 3 unspecified atom stereocenters. The van der Waals surface area contributed by atoms with Gasteiger partial charge in [0, 0.05) is 61.8 Å². The van der Waals surface area contributed by atoms with Crippen LogP contribution < -0.4 is 9.80 Å². The van der Waals surface area contributed by atoms with E-state index in [1.807, 2.05) is 35.1 Å². The van der Waals surface area contributed by atoms with Crippen LogP contribution in [0, 0.1) is 23.7 Å². The van der Waals surface area contributed by atoms with Crippen LogP contribution in [0.5, 0.6) is 0 Å². The number of hydrogen-bond donors (Lipinski definition) is 3. The van der Waals surface area contributed by atoms with E-state index >= 15 is 0 Å².